The number of amides is 1. The van der Waals surface area contributed by atoms with Crippen LogP contribution in [-0.2, 0) is 4.74 Å². The Kier molecular flexibility index (Phi) is 6.31. The van der Waals surface area contributed by atoms with Gasteiger partial charge in [0.1, 0.15) is 11.6 Å². The number of anilines is 1. The Balaban J connectivity index is 1.68. The molecule has 2 heterocycles. The van der Waals surface area contributed by atoms with Crippen molar-refractivity contribution in [1.29, 1.82) is 0 Å². The molecule has 1 amide bonds. The summed E-state index contributed by atoms with van der Waals surface area (Å²) in [5.74, 6) is -1.75. The standard InChI is InChI=1S/C24H26F2N4O3/c1-14(2)13-33-24(32)30-8-6-29(7-9-30)23-17-5-4-15(3)10-20(17)27-22(28-23)18-11-16(25)12-19(26)21(18)31/h4-5,10-12,14,31H,6-9,13H2,1-3H3. The largest absolute Gasteiger partial charge is 0.504 e. The summed E-state index contributed by atoms with van der Waals surface area (Å²) in [6.07, 6.45) is -0.340. The molecule has 2 aromatic carbocycles. The van der Waals surface area contributed by atoms with Crippen molar-refractivity contribution in [2.75, 3.05) is 37.7 Å². The minimum atomic E-state index is -1.08. The molecule has 1 aliphatic heterocycles. The molecule has 7 nitrogen and oxygen atoms in total. The minimum Gasteiger partial charge on any atom is -0.504 e. The molecule has 1 saturated heterocycles. The lowest BCUT2D eigenvalue weighted by Crippen LogP contribution is -2.49. The highest BCUT2D eigenvalue weighted by Crippen LogP contribution is 2.34. The lowest BCUT2D eigenvalue weighted by Gasteiger charge is -2.35. The van der Waals surface area contributed by atoms with Crippen LogP contribution in [0.1, 0.15) is 19.4 Å². The van der Waals surface area contributed by atoms with E-state index in [1.807, 2.05) is 43.9 Å². The first kappa shape index (κ1) is 22.7. The zero-order valence-electron chi connectivity index (χ0n) is 18.8. The number of carbonyl (C=O) groups is 1. The zero-order chi connectivity index (χ0) is 23.7. The second kappa shape index (κ2) is 9.17. The number of benzene rings is 2. The number of halogens is 2. The Hall–Kier alpha value is -3.49. The van der Waals surface area contributed by atoms with Crippen LogP contribution in [0.4, 0.5) is 19.4 Å². The maximum absolute atomic E-state index is 14.0. The van der Waals surface area contributed by atoms with Gasteiger partial charge < -0.3 is 19.6 Å². The van der Waals surface area contributed by atoms with Crippen LogP contribution in [0.5, 0.6) is 5.75 Å². The van der Waals surface area contributed by atoms with E-state index in [9.17, 15) is 18.7 Å². The second-order valence-corrected chi connectivity index (χ2v) is 8.62. The predicted molar refractivity (Wildman–Crippen MR) is 121 cm³/mol. The maximum Gasteiger partial charge on any atom is 0.409 e. The average molecular weight is 456 g/mol. The van der Waals surface area contributed by atoms with Crippen molar-refractivity contribution in [2.24, 2.45) is 5.92 Å². The number of phenolic OH excluding ortho intramolecular Hbond substituents is 1. The number of aromatic hydroxyl groups is 1. The van der Waals surface area contributed by atoms with Crippen molar-refractivity contribution in [1.82, 2.24) is 14.9 Å². The predicted octanol–water partition coefficient (Wildman–Crippen LogP) is 4.50. The van der Waals surface area contributed by atoms with Gasteiger partial charge in [-0.3, -0.25) is 0 Å². The summed E-state index contributed by atoms with van der Waals surface area (Å²) < 4.78 is 33.2. The topological polar surface area (TPSA) is 78.8 Å². The average Bonchev–Trinajstić information content (AvgIpc) is 2.79. The monoisotopic (exact) mass is 456 g/mol. The van der Waals surface area contributed by atoms with Crippen molar-refractivity contribution in [3.8, 4) is 17.1 Å². The fourth-order valence-electron chi connectivity index (χ4n) is 3.75. The molecule has 0 atom stereocenters. The van der Waals surface area contributed by atoms with E-state index in [-0.39, 0.29) is 23.4 Å². The number of carbonyl (C=O) groups excluding carboxylic acids is 1. The summed E-state index contributed by atoms with van der Waals surface area (Å²) in [6, 6.07) is 7.33. The highest BCUT2D eigenvalue weighted by atomic mass is 19.1. The van der Waals surface area contributed by atoms with Gasteiger partial charge in [-0.2, -0.15) is 0 Å². The van der Waals surface area contributed by atoms with Crippen LogP contribution in [0.25, 0.3) is 22.3 Å². The van der Waals surface area contributed by atoms with Gasteiger partial charge in [-0.1, -0.05) is 19.9 Å². The summed E-state index contributed by atoms with van der Waals surface area (Å²) >= 11 is 0. The normalized spacial score (nSPS) is 14.2. The van der Waals surface area contributed by atoms with E-state index in [0.717, 1.165) is 17.0 Å². The fourth-order valence-corrected chi connectivity index (χ4v) is 3.75. The zero-order valence-corrected chi connectivity index (χ0v) is 18.8. The van der Waals surface area contributed by atoms with E-state index < -0.39 is 17.4 Å². The van der Waals surface area contributed by atoms with E-state index in [0.29, 0.717) is 50.2 Å². The third kappa shape index (κ3) is 4.81. The first-order valence-electron chi connectivity index (χ1n) is 10.9. The van der Waals surface area contributed by atoms with Crippen LogP contribution in [0.3, 0.4) is 0 Å². The van der Waals surface area contributed by atoms with E-state index in [1.54, 1.807) is 4.90 Å². The molecule has 0 radical (unpaired) electrons. The van der Waals surface area contributed by atoms with Crippen LogP contribution in [-0.4, -0.2) is 58.9 Å². The molecule has 9 heteroatoms. The van der Waals surface area contributed by atoms with Gasteiger partial charge in [0.2, 0.25) is 0 Å². The summed E-state index contributed by atoms with van der Waals surface area (Å²) in [5, 5.41) is 11.0. The second-order valence-electron chi connectivity index (χ2n) is 8.62. The number of rotatable bonds is 4. The SMILES string of the molecule is Cc1ccc2c(N3CCN(C(=O)OCC(C)C)CC3)nc(-c3cc(F)cc(F)c3O)nc2c1. The third-order valence-corrected chi connectivity index (χ3v) is 5.48. The van der Waals surface area contributed by atoms with Crippen LogP contribution in [0.2, 0.25) is 0 Å². The molecule has 0 spiro atoms. The van der Waals surface area contributed by atoms with Crippen LogP contribution in [0.15, 0.2) is 30.3 Å². The highest BCUT2D eigenvalue weighted by molar-refractivity contribution is 5.92. The number of nitrogens with zero attached hydrogens (tertiary/aromatic N) is 4. The van der Waals surface area contributed by atoms with Gasteiger partial charge in [-0.05, 0) is 36.6 Å². The van der Waals surface area contributed by atoms with E-state index in [2.05, 4.69) is 9.97 Å². The van der Waals surface area contributed by atoms with Crippen molar-refractivity contribution in [2.45, 2.75) is 20.8 Å². The van der Waals surface area contributed by atoms with Gasteiger partial charge in [0.05, 0.1) is 17.7 Å². The number of aromatic nitrogens is 2. The molecule has 1 N–H and O–H groups in total. The first-order valence-corrected chi connectivity index (χ1v) is 10.9. The Morgan fingerprint density at radius 2 is 1.85 bits per heavy atom. The molecule has 0 aliphatic carbocycles. The van der Waals surface area contributed by atoms with Gasteiger partial charge >= 0.3 is 6.09 Å². The van der Waals surface area contributed by atoms with Crippen molar-refractivity contribution in [3.63, 3.8) is 0 Å². The molecule has 4 rings (SSSR count). The first-order chi connectivity index (χ1) is 15.7. The molecular formula is C24H26F2N4O3. The van der Waals surface area contributed by atoms with E-state index in [4.69, 9.17) is 4.74 Å². The summed E-state index contributed by atoms with van der Waals surface area (Å²) in [4.78, 5) is 25.0. The van der Waals surface area contributed by atoms with Crippen LogP contribution >= 0.6 is 0 Å². The lowest BCUT2D eigenvalue weighted by molar-refractivity contribution is 0.0901. The van der Waals surface area contributed by atoms with Crippen molar-refractivity contribution in [3.05, 3.63) is 47.5 Å². The van der Waals surface area contributed by atoms with E-state index in [1.165, 1.54) is 0 Å². The van der Waals surface area contributed by atoms with Gasteiger partial charge in [0.15, 0.2) is 17.4 Å². The number of fused-ring (bicyclic) bond motifs is 1. The van der Waals surface area contributed by atoms with Crippen LogP contribution < -0.4 is 4.90 Å². The summed E-state index contributed by atoms with van der Waals surface area (Å²) in [5.41, 5.74) is 1.44. The molecular weight excluding hydrogens is 430 g/mol. The van der Waals surface area contributed by atoms with Gasteiger partial charge in [0.25, 0.3) is 0 Å². The molecule has 1 fully saturated rings. The molecule has 3 aromatic rings. The lowest BCUT2D eigenvalue weighted by atomic mass is 10.1. The van der Waals surface area contributed by atoms with Crippen molar-refractivity contribution < 1.29 is 23.4 Å². The van der Waals surface area contributed by atoms with Crippen LogP contribution in [0, 0.1) is 24.5 Å². The van der Waals surface area contributed by atoms with Gasteiger partial charge in [-0.25, -0.2) is 23.5 Å². The quantitative estimate of drug-likeness (QED) is 0.623. The molecule has 174 valence electrons. The highest BCUT2D eigenvalue weighted by Gasteiger charge is 2.26. The third-order valence-electron chi connectivity index (χ3n) is 5.48. The molecule has 0 bridgehead atoms. The number of phenols is 1. The smallest absolute Gasteiger partial charge is 0.409 e. The van der Waals surface area contributed by atoms with Gasteiger partial charge in [0, 0.05) is 37.6 Å². The molecule has 0 saturated carbocycles. The molecule has 1 aliphatic rings. The molecule has 1 aromatic heterocycles. The summed E-state index contributed by atoms with van der Waals surface area (Å²) in [7, 11) is 0. The summed E-state index contributed by atoms with van der Waals surface area (Å²) in [6.45, 7) is 8.14. The number of aryl methyl sites for hydroxylation is 1. The Morgan fingerprint density at radius 1 is 1.12 bits per heavy atom. The fraction of sp³-hybridized carbons (Fsp3) is 0.375. The maximum atomic E-state index is 14.0. The Labute approximate surface area is 190 Å². The minimum absolute atomic E-state index is 0.0257. The molecule has 0 unspecified atom stereocenters. The number of ether oxygens (including phenoxy) is 1. The molecule has 33 heavy (non-hydrogen) atoms. The number of hydrogen-bond acceptors (Lipinski definition) is 6. The number of piperazine rings is 1. The van der Waals surface area contributed by atoms with E-state index >= 15 is 0 Å². The Morgan fingerprint density at radius 3 is 2.55 bits per heavy atom. The van der Waals surface area contributed by atoms with Gasteiger partial charge in [-0.15, -0.1) is 0 Å². The van der Waals surface area contributed by atoms with Crippen molar-refractivity contribution >= 4 is 22.8 Å². The number of hydrogen-bond donors (Lipinski definition) is 1. The Bertz CT molecular complexity index is 1190.